The molecule has 0 saturated heterocycles. The van der Waals surface area contributed by atoms with E-state index in [1.807, 2.05) is 0 Å². The van der Waals surface area contributed by atoms with Gasteiger partial charge in [0.25, 0.3) is 5.56 Å². The molecule has 0 aromatic carbocycles. The smallest absolute Gasteiger partial charge is 0.267 e. The molecule has 23 heavy (non-hydrogen) atoms. The maximum Gasteiger partial charge on any atom is 0.267 e. The molecule has 2 aliphatic rings. The normalized spacial score (nSPS) is 16.9. The zero-order valence-electron chi connectivity index (χ0n) is 12.7. The number of fused-ring (bicyclic) bond motifs is 1. The Morgan fingerprint density at radius 3 is 2.96 bits per heavy atom. The van der Waals surface area contributed by atoms with Crippen molar-refractivity contribution in [1.29, 1.82) is 0 Å². The van der Waals surface area contributed by atoms with Crippen LogP contribution in [0.2, 0.25) is 0 Å². The van der Waals surface area contributed by atoms with Crippen LogP contribution in [0, 0.1) is 0 Å². The highest BCUT2D eigenvalue weighted by molar-refractivity contribution is 5.89. The number of amides is 1. The van der Waals surface area contributed by atoms with Crippen LogP contribution >= 0.6 is 0 Å². The molecule has 120 valence electrons. The molecule has 4 rings (SSSR count). The lowest BCUT2D eigenvalue weighted by Gasteiger charge is -2.10. The Hall–Kier alpha value is -2.44. The van der Waals surface area contributed by atoms with Crippen LogP contribution in [-0.4, -0.2) is 20.8 Å². The first-order valence-corrected chi connectivity index (χ1v) is 8.06. The van der Waals surface area contributed by atoms with Crippen molar-refractivity contribution in [3.63, 3.8) is 0 Å². The maximum atomic E-state index is 12.2. The summed E-state index contributed by atoms with van der Waals surface area (Å²) < 4.78 is 6.45. The highest BCUT2D eigenvalue weighted by atomic mass is 16.5. The third kappa shape index (κ3) is 2.91. The Labute approximate surface area is 132 Å². The van der Waals surface area contributed by atoms with Crippen molar-refractivity contribution in [3.05, 3.63) is 39.4 Å². The highest BCUT2D eigenvalue weighted by Gasteiger charge is 2.26. The van der Waals surface area contributed by atoms with Crippen LogP contribution in [0.5, 0.6) is 0 Å². The summed E-state index contributed by atoms with van der Waals surface area (Å²) in [5.41, 5.74) is 2.52. The van der Waals surface area contributed by atoms with Gasteiger partial charge in [-0.1, -0.05) is 5.16 Å². The van der Waals surface area contributed by atoms with Crippen molar-refractivity contribution in [2.45, 2.75) is 51.0 Å². The number of rotatable bonds is 4. The first kappa shape index (κ1) is 14.2. The van der Waals surface area contributed by atoms with E-state index >= 15 is 0 Å². The number of carbonyl (C=O) groups excluding carboxylic acids is 1. The minimum atomic E-state index is -0.322. The fourth-order valence-corrected chi connectivity index (χ4v) is 2.97. The van der Waals surface area contributed by atoms with Gasteiger partial charge in [-0.05, 0) is 44.6 Å². The Kier molecular flexibility index (Phi) is 3.48. The number of aromatic nitrogens is 3. The number of aryl methyl sites for hydroxylation is 1. The van der Waals surface area contributed by atoms with Crippen LogP contribution in [0.3, 0.4) is 0 Å². The van der Waals surface area contributed by atoms with Crippen LogP contribution in [-0.2, 0) is 24.2 Å². The van der Waals surface area contributed by atoms with Gasteiger partial charge in [0.05, 0.1) is 11.4 Å². The van der Waals surface area contributed by atoms with E-state index in [-0.39, 0.29) is 18.0 Å². The van der Waals surface area contributed by atoms with E-state index in [0.29, 0.717) is 11.8 Å². The predicted octanol–water partition coefficient (Wildman–Crippen LogP) is 1.63. The summed E-state index contributed by atoms with van der Waals surface area (Å²) in [6.45, 7) is -0.116. The van der Waals surface area contributed by atoms with Gasteiger partial charge in [0.15, 0.2) is 0 Å². The lowest BCUT2D eigenvalue weighted by molar-refractivity contribution is -0.117. The lowest BCUT2D eigenvalue weighted by atomic mass is 9.98. The second-order valence-corrected chi connectivity index (χ2v) is 6.22. The molecule has 7 heteroatoms. The van der Waals surface area contributed by atoms with Crippen LogP contribution in [0.15, 0.2) is 21.5 Å². The second kappa shape index (κ2) is 5.64. The van der Waals surface area contributed by atoms with Crippen LogP contribution < -0.4 is 10.9 Å². The monoisotopic (exact) mass is 314 g/mol. The number of hydrogen-bond donors (Lipinski definition) is 1. The first-order chi connectivity index (χ1) is 11.2. The molecule has 1 saturated carbocycles. The molecule has 2 aromatic heterocycles. The summed E-state index contributed by atoms with van der Waals surface area (Å²) in [6, 6.07) is 3.23. The SMILES string of the molecule is O=C(Cn1nc(C2CC2)ccc1=O)Nc1onc2c1CCCC2. The maximum absolute atomic E-state index is 12.2. The standard InChI is InChI=1S/C16H18N4O3/c21-14(17-16-11-3-1-2-4-13(11)19-23-16)9-20-15(22)8-7-12(18-20)10-5-6-10/h7-8,10H,1-6,9H2,(H,17,21). The highest BCUT2D eigenvalue weighted by Crippen LogP contribution is 2.38. The topological polar surface area (TPSA) is 90.0 Å². The summed E-state index contributed by atoms with van der Waals surface area (Å²) in [4.78, 5) is 24.1. The molecule has 1 amide bonds. The van der Waals surface area contributed by atoms with E-state index in [1.165, 1.54) is 10.7 Å². The van der Waals surface area contributed by atoms with Crippen molar-refractivity contribution >= 4 is 11.8 Å². The molecule has 2 aliphatic carbocycles. The molecule has 0 aliphatic heterocycles. The molecule has 0 radical (unpaired) electrons. The van der Waals surface area contributed by atoms with Crippen LogP contribution in [0.25, 0.3) is 0 Å². The Bertz CT molecular complexity index is 804. The summed E-state index contributed by atoms with van der Waals surface area (Å²) in [7, 11) is 0. The molecular formula is C16H18N4O3. The van der Waals surface area contributed by atoms with Gasteiger partial charge in [-0.15, -0.1) is 0 Å². The molecule has 0 bridgehead atoms. The van der Waals surface area contributed by atoms with Gasteiger partial charge in [-0.2, -0.15) is 5.10 Å². The van der Waals surface area contributed by atoms with Gasteiger partial charge in [0, 0.05) is 17.5 Å². The Balaban J connectivity index is 1.49. The van der Waals surface area contributed by atoms with Crippen molar-refractivity contribution < 1.29 is 9.32 Å². The molecule has 0 atom stereocenters. The molecule has 2 heterocycles. The predicted molar refractivity (Wildman–Crippen MR) is 82.2 cm³/mol. The number of nitrogens with one attached hydrogen (secondary N) is 1. The van der Waals surface area contributed by atoms with Gasteiger partial charge < -0.3 is 4.52 Å². The summed E-state index contributed by atoms with van der Waals surface area (Å²) in [5.74, 6) is 0.527. The van der Waals surface area contributed by atoms with Crippen LogP contribution in [0.1, 0.15) is 48.6 Å². The Morgan fingerprint density at radius 2 is 2.13 bits per heavy atom. The van der Waals surface area contributed by atoms with Crippen molar-refractivity contribution in [2.75, 3.05) is 5.32 Å². The summed E-state index contributed by atoms with van der Waals surface area (Å²) >= 11 is 0. The number of anilines is 1. The number of hydrogen-bond acceptors (Lipinski definition) is 5. The fraction of sp³-hybridized carbons (Fsp3) is 0.500. The third-order valence-electron chi connectivity index (χ3n) is 4.39. The van der Waals surface area contributed by atoms with Gasteiger partial charge in [0.1, 0.15) is 6.54 Å². The second-order valence-electron chi connectivity index (χ2n) is 6.22. The molecule has 1 N–H and O–H groups in total. The van der Waals surface area contributed by atoms with Crippen LogP contribution in [0.4, 0.5) is 5.88 Å². The lowest BCUT2D eigenvalue weighted by Crippen LogP contribution is -2.29. The average molecular weight is 314 g/mol. The summed E-state index contributed by atoms with van der Waals surface area (Å²) in [5, 5.41) is 11.0. The number of nitrogens with zero attached hydrogens (tertiary/aromatic N) is 3. The van der Waals surface area contributed by atoms with Crippen molar-refractivity contribution in [1.82, 2.24) is 14.9 Å². The Morgan fingerprint density at radius 1 is 1.30 bits per heavy atom. The third-order valence-corrected chi connectivity index (χ3v) is 4.39. The van der Waals surface area contributed by atoms with Gasteiger partial charge in [0.2, 0.25) is 11.8 Å². The minimum absolute atomic E-state index is 0.116. The molecule has 0 unspecified atom stereocenters. The van der Waals surface area contributed by atoms with Gasteiger partial charge in [-0.25, -0.2) is 4.68 Å². The average Bonchev–Trinajstić information content (AvgIpc) is 3.32. The molecular weight excluding hydrogens is 296 g/mol. The molecule has 0 spiro atoms. The zero-order valence-corrected chi connectivity index (χ0v) is 12.7. The fourth-order valence-electron chi connectivity index (χ4n) is 2.97. The van der Waals surface area contributed by atoms with E-state index in [1.54, 1.807) is 6.07 Å². The van der Waals surface area contributed by atoms with E-state index in [9.17, 15) is 9.59 Å². The minimum Gasteiger partial charge on any atom is -0.338 e. The van der Waals surface area contributed by atoms with E-state index < -0.39 is 0 Å². The first-order valence-electron chi connectivity index (χ1n) is 8.06. The molecule has 1 fully saturated rings. The zero-order chi connectivity index (χ0) is 15.8. The van der Waals surface area contributed by atoms with Crippen molar-refractivity contribution in [2.24, 2.45) is 0 Å². The molecule has 2 aromatic rings. The van der Waals surface area contributed by atoms with Crippen molar-refractivity contribution in [3.8, 4) is 0 Å². The number of carbonyl (C=O) groups is 1. The quantitative estimate of drug-likeness (QED) is 0.926. The van der Waals surface area contributed by atoms with Gasteiger partial charge in [-0.3, -0.25) is 14.9 Å². The van der Waals surface area contributed by atoms with Gasteiger partial charge >= 0.3 is 0 Å². The largest absolute Gasteiger partial charge is 0.338 e. The summed E-state index contributed by atoms with van der Waals surface area (Å²) in [6.07, 6.45) is 6.12. The van der Waals surface area contributed by atoms with E-state index in [0.717, 1.165) is 55.5 Å². The molecule has 7 nitrogen and oxygen atoms in total. The van der Waals surface area contributed by atoms with E-state index in [2.05, 4.69) is 15.6 Å². The van der Waals surface area contributed by atoms with E-state index in [4.69, 9.17) is 4.52 Å².